The summed E-state index contributed by atoms with van der Waals surface area (Å²) >= 11 is 0. The Kier molecular flexibility index (Phi) is 6.12. The van der Waals surface area contributed by atoms with Crippen molar-refractivity contribution in [2.24, 2.45) is 10.8 Å². The van der Waals surface area contributed by atoms with Gasteiger partial charge < -0.3 is 19.9 Å². The highest BCUT2D eigenvalue weighted by atomic mass is 32.2. The molecule has 2 N–H and O–H groups in total. The minimum Gasteiger partial charge on any atom is -0.489 e. The average Bonchev–Trinajstić information content (AvgIpc) is 3.04. The van der Waals surface area contributed by atoms with Gasteiger partial charge in [-0.25, -0.2) is 4.79 Å². The van der Waals surface area contributed by atoms with E-state index in [9.17, 15) is 22.8 Å². The second kappa shape index (κ2) is 8.49. The van der Waals surface area contributed by atoms with Crippen molar-refractivity contribution in [3.63, 3.8) is 0 Å². The Morgan fingerprint density at radius 2 is 1.88 bits per heavy atom. The van der Waals surface area contributed by atoms with Gasteiger partial charge in [-0.05, 0) is 28.3 Å². The molecule has 2 aliphatic rings. The molecule has 3 rings (SSSR count). The number of nitrogens with zero attached hydrogens (tertiary/aromatic N) is 3. The van der Waals surface area contributed by atoms with E-state index in [0.29, 0.717) is 0 Å². The van der Waals surface area contributed by atoms with E-state index in [1.54, 1.807) is 0 Å². The molecule has 0 fully saturated rings. The van der Waals surface area contributed by atoms with Gasteiger partial charge >= 0.3 is 6.09 Å². The van der Waals surface area contributed by atoms with Crippen LogP contribution in [0.2, 0.25) is 0 Å². The first-order valence-corrected chi connectivity index (χ1v) is 10.8. The second-order valence-corrected chi connectivity index (χ2v) is 8.48. The van der Waals surface area contributed by atoms with E-state index >= 15 is 0 Å². The molecule has 13 nitrogen and oxygen atoms in total. The lowest BCUT2D eigenvalue weighted by Gasteiger charge is -2.23. The van der Waals surface area contributed by atoms with Gasteiger partial charge in [-0.3, -0.25) is 13.8 Å². The summed E-state index contributed by atoms with van der Waals surface area (Å²) in [6.45, 7) is -0.432. The molecule has 0 aromatic heterocycles. The smallest absolute Gasteiger partial charge is 0.404 e. The average molecular weight is 466 g/mol. The Balaban J connectivity index is 2.31. The number of hydrogen-bond donors (Lipinski definition) is 1. The number of allylic oxidation sites excluding steroid dienone is 2. The fraction of sp³-hybridized carbons (Fsp3) is 0.389. The molecule has 14 heteroatoms. The number of benzene rings is 1. The number of azide groups is 1. The van der Waals surface area contributed by atoms with Crippen molar-refractivity contribution in [1.29, 1.82) is 0 Å². The van der Waals surface area contributed by atoms with Crippen molar-refractivity contribution >= 4 is 27.8 Å². The summed E-state index contributed by atoms with van der Waals surface area (Å²) in [6, 6.07) is 0.0918. The van der Waals surface area contributed by atoms with Crippen molar-refractivity contribution in [2.45, 2.75) is 25.2 Å². The van der Waals surface area contributed by atoms with Gasteiger partial charge in [0, 0.05) is 22.5 Å². The van der Waals surface area contributed by atoms with E-state index in [1.165, 1.54) is 20.3 Å². The quantitative estimate of drug-likeness (QED) is 0.267. The normalized spacial score (nSPS) is 19.7. The third-order valence-electron chi connectivity index (χ3n) is 4.96. The molecule has 1 aromatic carbocycles. The van der Waals surface area contributed by atoms with Crippen LogP contribution in [0.15, 0.2) is 22.7 Å². The van der Waals surface area contributed by atoms with Crippen LogP contribution in [0.25, 0.3) is 10.4 Å². The number of fused-ring (bicyclic) bond motifs is 3. The summed E-state index contributed by atoms with van der Waals surface area (Å²) in [5, 5.41) is 3.64. The monoisotopic (exact) mass is 466 g/mol. The summed E-state index contributed by atoms with van der Waals surface area (Å²) in [5.41, 5.74) is 14.5. The summed E-state index contributed by atoms with van der Waals surface area (Å²) in [5.74, 6) is -2.01. The van der Waals surface area contributed by atoms with E-state index < -0.39 is 46.5 Å². The number of carbonyl (C=O) groups excluding carboxylic acids is 3. The molecule has 2 unspecified atom stereocenters. The number of nitrogens with two attached hydrogens (primary N) is 1. The topological polar surface area (TPSA) is 197 Å². The Hall–Kier alpha value is -3.61. The molecule has 0 spiro atoms. The molecule has 1 amide bonds. The van der Waals surface area contributed by atoms with Crippen LogP contribution in [0.4, 0.5) is 4.79 Å². The zero-order valence-corrected chi connectivity index (χ0v) is 18.0. The summed E-state index contributed by atoms with van der Waals surface area (Å²) in [7, 11) is -1.59. The van der Waals surface area contributed by atoms with E-state index in [4.69, 9.17) is 29.7 Å². The zero-order valence-electron chi connectivity index (χ0n) is 17.1. The summed E-state index contributed by atoms with van der Waals surface area (Å²) in [4.78, 5) is 40.1. The second-order valence-electron chi connectivity index (χ2n) is 6.88. The number of rotatable bonds is 7. The van der Waals surface area contributed by atoms with Gasteiger partial charge in [-0.1, -0.05) is 5.11 Å². The predicted molar refractivity (Wildman–Crippen MR) is 106 cm³/mol. The number of hydrogen-bond acceptors (Lipinski definition) is 10. The predicted octanol–water partition coefficient (Wildman–Crippen LogP) is 1.42. The molecular weight excluding hydrogens is 448 g/mol. The maximum Gasteiger partial charge on any atom is 0.404 e. The van der Waals surface area contributed by atoms with Crippen LogP contribution in [-0.4, -0.2) is 52.7 Å². The van der Waals surface area contributed by atoms with Gasteiger partial charge in [0.25, 0.3) is 10.1 Å². The Bertz CT molecular complexity index is 1220. The lowest BCUT2D eigenvalue weighted by atomic mass is 9.84. The highest BCUT2D eigenvalue weighted by Crippen LogP contribution is 2.44. The fourth-order valence-electron chi connectivity index (χ4n) is 3.91. The highest BCUT2D eigenvalue weighted by molar-refractivity contribution is 7.86. The first-order chi connectivity index (χ1) is 15.0. The van der Waals surface area contributed by atoms with Crippen LogP contribution in [0.1, 0.15) is 43.4 Å². The van der Waals surface area contributed by atoms with Crippen LogP contribution < -0.4 is 5.73 Å². The maximum atomic E-state index is 13.2. The lowest BCUT2D eigenvalue weighted by molar-refractivity contribution is 0.0828. The minimum atomic E-state index is -3.98. The van der Waals surface area contributed by atoms with Gasteiger partial charge in [-0.2, -0.15) is 8.42 Å². The molecule has 0 radical (unpaired) electrons. The Morgan fingerprint density at radius 3 is 2.41 bits per heavy atom. The summed E-state index contributed by atoms with van der Waals surface area (Å²) in [6.07, 6.45) is -1.67. The zero-order chi connectivity index (χ0) is 23.8. The number of Topliss-reactive ketones (excluding diaryl/α,β-unsaturated/α-hetero) is 2. The minimum absolute atomic E-state index is 0.0665. The number of ketones is 2. The third-order valence-corrected chi connectivity index (χ3v) is 5.55. The van der Waals surface area contributed by atoms with Gasteiger partial charge in [0.1, 0.15) is 6.61 Å². The molecule has 2 atom stereocenters. The van der Waals surface area contributed by atoms with Crippen LogP contribution in [0.3, 0.4) is 0 Å². The number of methoxy groups -OCH3 is 2. The van der Waals surface area contributed by atoms with Crippen molar-refractivity contribution in [2.75, 3.05) is 20.5 Å². The number of ether oxygens (including phenoxy) is 3. The molecule has 1 aromatic rings. The van der Waals surface area contributed by atoms with Crippen LogP contribution in [0.5, 0.6) is 0 Å². The van der Waals surface area contributed by atoms with E-state index in [2.05, 4.69) is 10.0 Å². The van der Waals surface area contributed by atoms with Crippen LogP contribution in [0, 0.1) is 0 Å². The number of carbonyl (C=O) groups is 3. The van der Waals surface area contributed by atoms with Gasteiger partial charge in [0.15, 0.2) is 0 Å². The summed E-state index contributed by atoms with van der Waals surface area (Å²) < 4.78 is 43.6. The van der Waals surface area contributed by atoms with E-state index in [0.717, 1.165) is 6.26 Å². The van der Waals surface area contributed by atoms with Crippen LogP contribution >= 0.6 is 0 Å². The molecule has 0 aliphatic heterocycles. The Labute approximate surface area is 181 Å². The molecule has 0 heterocycles. The van der Waals surface area contributed by atoms with Crippen molar-refractivity contribution < 1.29 is 41.2 Å². The highest BCUT2D eigenvalue weighted by Gasteiger charge is 2.44. The van der Waals surface area contributed by atoms with E-state index in [-0.39, 0.29) is 45.8 Å². The molecule has 0 bridgehead atoms. The molecule has 2 aliphatic carbocycles. The molecule has 170 valence electrons. The van der Waals surface area contributed by atoms with Crippen molar-refractivity contribution in [3.05, 3.63) is 55.8 Å². The molecule has 0 saturated heterocycles. The molecule has 32 heavy (non-hydrogen) atoms. The number of amides is 1. The fourth-order valence-corrected chi connectivity index (χ4v) is 4.54. The van der Waals surface area contributed by atoms with Crippen LogP contribution in [-0.2, 0) is 41.5 Å². The largest absolute Gasteiger partial charge is 0.489 e. The SMILES string of the molecule is COC1=C(OC)C(=O)c2c(cc(COC(N)=O)c3c2CC(OS(C)(=O)=O)C3N=[N+]=[N-])C1=O. The molecular formula is C18H18N4O9S. The maximum absolute atomic E-state index is 13.2. The Morgan fingerprint density at radius 1 is 1.25 bits per heavy atom. The first kappa shape index (κ1) is 23.1. The van der Waals surface area contributed by atoms with Gasteiger partial charge in [0.05, 0.1) is 32.6 Å². The first-order valence-electron chi connectivity index (χ1n) is 8.99. The van der Waals surface area contributed by atoms with Gasteiger partial charge in [-0.15, -0.1) is 0 Å². The number of primary amides is 1. The van der Waals surface area contributed by atoms with E-state index in [1.807, 2.05) is 0 Å². The lowest BCUT2D eigenvalue weighted by Crippen LogP contribution is -2.26. The molecule has 0 saturated carbocycles. The van der Waals surface area contributed by atoms with Crippen molar-refractivity contribution in [1.82, 2.24) is 0 Å². The standard InChI is InChI=1S/C18H18N4O9S/c1-28-16-14(23)9-4-7(6-30-18(19)25)11-8(12(9)15(24)17(16)29-2)5-10(13(11)21-22-20)31-32(3,26)27/h4,10,13H,5-6H2,1-3H3,(H2,19,25). The van der Waals surface area contributed by atoms with Gasteiger partial charge in [0.2, 0.25) is 23.1 Å². The third kappa shape index (κ3) is 3.98. The van der Waals surface area contributed by atoms with Crippen molar-refractivity contribution in [3.8, 4) is 0 Å².